The van der Waals surface area contributed by atoms with Gasteiger partial charge in [-0.25, -0.2) is 0 Å². The van der Waals surface area contributed by atoms with Crippen LogP contribution < -0.4 is 5.32 Å². The summed E-state index contributed by atoms with van der Waals surface area (Å²) in [6.45, 7) is 5.56. The lowest BCUT2D eigenvalue weighted by atomic mass is 10.1. The first kappa shape index (κ1) is 9.93. The van der Waals surface area contributed by atoms with E-state index in [-0.39, 0.29) is 18.1 Å². The van der Waals surface area contributed by atoms with Crippen LogP contribution in [0.1, 0.15) is 26.7 Å². The first-order valence-corrected chi connectivity index (χ1v) is 5.36. The number of nitrogens with zero attached hydrogens (tertiary/aromatic N) is 1. The minimum Gasteiger partial charge on any atom is -0.381 e. The summed E-state index contributed by atoms with van der Waals surface area (Å²) in [5.41, 5.74) is 0. The van der Waals surface area contributed by atoms with E-state index >= 15 is 0 Å². The molecule has 2 rings (SSSR count). The number of hydrogen-bond acceptors (Lipinski definition) is 3. The Morgan fingerprint density at radius 3 is 2.50 bits per heavy atom. The number of amides is 1. The molecule has 2 unspecified atom stereocenters. The summed E-state index contributed by atoms with van der Waals surface area (Å²) in [5.74, 6) is 0.240. The number of nitrogens with one attached hydrogen (secondary N) is 1. The molecule has 2 fully saturated rings. The highest BCUT2D eigenvalue weighted by Gasteiger charge is 2.38. The molecule has 2 aliphatic rings. The topological polar surface area (TPSA) is 41.6 Å². The number of rotatable bonds is 1. The average molecular weight is 198 g/mol. The van der Waals surface area contributed by atoms with E-state index < -0.39 is 0 Å². The van der Waals surface area contributed by atoms with Crippen LogP contribution in [0.5, 0.6) is 0 Å². The van der Waals surface area contributed by atoms with Gasteiger partial charge in [-0.3, -0.25) is 10.1 Å². The Labute approximate surface area is 84.6 Å². The van der Waals surface area contributed by atoms with Crippen molar-refractivity contribution in [3.05, 3.63) is 0 Å². The Balaban J connectivity index is 2.04. The summed E-state index contributed by atoms with van der Waals surface area (Å²) in [7, 11) is 0. The largest absolute Gasteiger partial charge is 0.381 e. The summed E-state index contributed by atoms with van der Waals surface area (Å²) in [5, 5.41) is 3.25. The Morgan fingerprint density at radius 1 is 1.36 bits per heavy atom. The molecule has 0 aromatic rings. The first-order valence-electron chi connectivity index (χ1n) is 5.36. The maximum atomic E-state index is 11.8. The molecule has 2 aliphatic heterocycles. The van der Waals surface area contributed by atoms with Crippen LogP contribution in [-0.2, 0) is 9.53 Å². The highest BCUT2D eigenvalue weighted by atomic mass is 16.5. The van der Waals surface area contributed by atoms with Crippen LogP contribution >= 0.6 is 0 Å². The second kappa shape index (κ2) is 3.87. The zero-order chi connectivity index (χ0) is 10.1. The van der Waals surface area contributed by atoms with Gasteiger partial charge in [-0.2, -0.15) is 0 Å². The molecular weight excluding hydrogens is 180 g/mol. The van der Waals surface area contributed by atoms with E-state index in [2.05, 4.69) is 12.2 Å². The molecule has 0 radical (unpaired) electrons. The fraction of sp³-hybridized carbons (Fsp3) is 0.900. The highest BCUT2D eigenvalue weighted by Crippen LogP contribution is 2.21. The minimum absolute atomic E-state index is 0.0205. The van der Waals surface area contributed by atoms with Gasteiger partial charge in [0.2, 0.25) is 5.91 Å². The molecule has 0 spiro atoms. The van der Waals surface area contributed by atoms with Gasteiger partial charge in [0.05, 0.1) is 12.2 Å². The summed E-state index contributed by atoms with van der Waals surface area (Å²) in [6, 6.07) is 0.358. The molecule has 4 nitrogen and oxygen atoms in total. The van der Waals surface area contributed by atoms with Crippen LogP contribution in [0.2, 0.25) is 0 Å². The van der Waals surface area contributed by atoms with Crippen LogP contribution in [0, 0.1) is 0 Å². The Morgan fingerprint density at radius 2 is 2.00 bits per heavy atom. The molecule has 1 amide bonds. The lowest BCUT2D eigenvalue weighted by Gasteiger charge is -2.33. The lowest BCUT2D eigenvalue weighted by molar-refractivity contribution is -0.133. The predicted molar refractivity (Wildman–Crippen MR) is 52.7 cm³/mol. The zero-order valence-corrected chi connectivity index (χ0v) is 8.82. The maximum Gasteiger partial charge on any atom is 0.240 e. The van der Waals surface area contributed by atoms with Crippen LogP contribution in [0.4, 0.5) is 0 Å². The van der Waals surface area contributed by atoms with E-state index in [0.717, 1.165) is 26.1 Å². The quantitative estimate of drug-likeness (QED) is 0.660. The van der Waals surface area contributed by atoms with Gasteiger partial charge in [0.1, 0.15) is 0 Å². The van der Waals surface area contributed by atoms with Crippen molar-refractivity contribution in [1.82, 2.24) is 10.2 Å². The Kier molecular flexibility index (Phi) is 2.74. The van der Waals surface area contributed by atoms with Crippen LogP contribution in [0.3, 0.4) is 0 Å². The van der Waals surface area contributed by atoms with Crippen molar-refractivity contribution in [1.29, 1.82) is 0 Å². The van der Waals surface area contributed by atoms with E-state index in [0.29, 0.717) is 6.04 Å². The third kappa shape index (κ3) is 1.64. The first-order chi connectivity index (χ1) is 6.70. The minimum atomic E-state index is -0.0205. The number of carbonyl (C=O) groups is 1. The summed E-state index contributed by atoms with van der Waals surface area (Å²) in [6.07, 6.45) is 2.13. The molecule has 2 heterocycles. The number of carbonyl (C=O) groups excluding carboxylic acids is 1. The fourth-order valence-electron chi connectivity index (χ4n) is 2.39. The van der Waals surface area contributed by atoms with Crippen molar-refractivity contribution in [2.24, 2.45) is 0 Å². The standard InChI is InChI=1S/C10H18N2O2/c1-7-10(13)12(8(2)11-7)9-3-5-14-6-4-9/h7-9,11H,3-6H2,1-2H3. The zero-order valence-electron chi connectivity index (χ0n) is 8.82. The smallest absolute Gasteiger partial charge is 0.240 e. The van der Waals surface area contributed by atoms with E-state index in [1.807, 2.05) is 11.8 Å². The van der Waals surface area contributed by atoms with Crippen molar-refractivity contribution in [3.8, 4) is 0 Å². The van der Waals surface area contributed by atoms with Gasteiger partial charge in [0.15, 0.2) is 0 Å². The van der Waals surface area contributed by atoms with Crippen molar-refractivity contribution >= 4 is 5.91 Å². The van der Waals surface area contributed by atoms with Gasteiger partial charge in [0.25, 0.3) is 0 Å². The average Bonchev–Trinajstić information content (AvgIpc) is 2.43. The van der Waals surface area contributed by atoms with Crippen LogP contribution in [0.15, 0.2) is 0 Å². The summed E-state index contributed by atoms with van der Waals surface area (Å²) in [4.78, 5) is 13.8. The van der Waals surface area contributed by atoms with E-state index in [9.17, 15) is 4.79 Å². The molecule has 14 heavy (non-hydrogen) atoms. The predicted octanol–water partition coefficient (Wildman–Crippen LogP) is 0.332. The van der Waals surface area contributed by atoms with E-state index in [1.165, 1.54) is 0 Å². The summed E-state index contributed by atoms with van der Waals surface area (Å²) < 4.78 is 5.30. The molecule has 0 saturated carbocycles. The Bertz CT molecular complexity index is 226. The van der Waals surface area contributed by atoms with Crippen molar-refractivity contribution in [3.63, 3.8) is 0 Å². The molecule has 0 aliphatic carbocycles. The van der Waals surface area contributed by atoms with Gasteiger partial charge in [-0.15, -0.1) is 0 Å². The van der Waals surface area contributed by atoms with Crippen molar-refractivity contribution < 1.29 is 9.53 Å². The molecule has 0 aromatic carbocycles. The second-order valence-electron chi connectivity index (χ2n) is 4.15. The van der Waals surface area contributed by atoms with E-state index in [1.54, 1.807) is 0 Å². The lowest BCUT2D eigenvalue weighted by Crippen LogP contribution is -2.45. The normalized spacial score (nSPS) is 35.3. The second-order valence-corrected chi connectivity index (χ2v) is 4.15. The van der Waals surface area contributed by atoms with Crippen LogP contribution in [-0.4, -0.2) is 42.3 Å². The fourth-order valence-corrected chi connectivity index (χ4v) is 2.39. The van der Waals surface area contributed by atoms with E-state index in [4.69, 9.17) is 4.74 Å². The molecule has 80 valence electrons. The van der Waals surface area contributed by atoms with Gasteiger partial charge >= 0.3 is 0 Å². The van der Waals surface area contributed by atoms with Gasteiger partial charge < -0.3 is 9.64 Å². The highest BCUT2D eigenvalue weighted by molar-refractivity contribution is 5.84. The Hall–Kier alpha value is -0.610. The van der Waals surface area contributed by atoms with Crippen LogP contribution in [0.25, 0.3) is 0 Å². The van der Waals surface area contributed by atoms with Gasteiger partial charge in [-0.05, 0) is 26.7 Å². The molecular formula is C10H18N2O2. The molecule has 2 atom stereocenters. The van der Waals surface area contributed by atoms with Gasteiger partial charge in [0, 0.05) is 19.3 Å². The molecule has 2 saturated heterocycles. The number of ether oxygens (including phenoxy) is 1. The third-order valence-electron chi connectivity index (χ3n) is 3.12. The monoisotopic (exact) mass is 198 g/mol. The molecule has 0 bridgehead atoms. The van der Waals surface area contributed by atoms with Gasteiger partial charge in [-0.1, -0.05) is 0 Å². The van der Waals surface area contributed by atoms with Crippen molar-refractivity contribution in [2.45, 2.75) is 44.9 Å². The number of hydrogen-bond donors (Lipinski definition) is 1. The molecule has 1 N–H and O–H groups in total. The maximum absolute atomic E-state index is 11.8. The SMILES string of the molecule is CC1NC(C)N(C2CCOCC2)C1=O. The third-order valence-corrected chi connectivity index (χ3v) is 3.12. The molecule has 0 aromatic heterocycles. The van der Waals surface area contributed by atoms with Crippen molar-refractivity contribution in [2.75, 3.05) is 13.2 Å². The molecule has 4 heteroatoms. The summed E-state index contributed by atoms with van der Waals surface area (Å²) >= 11 is 0.